The molecule has 2 rings (SSSR count). The summed E-state index contributed by atoms with van der Waals surface area (Å²) < 4.78 is 17.5. The van der Waals surface area contributed by atoms with Gasteiger partial charge in [0, 0.05) is 5.56 Å². The van der Waals surface area contributed by atoms with E-state index in [0.29, 0.717) is 23.2 Å². The molecule has 1 aliphatic heterocycles. The van der Waals surface area contributed by atoms with Crippen LogP contribution in [0.1, 0.15) is 38.1 Å². The smallest absolute Gasteiger partial charge is 0.467 e. The molecule has 1 aliphatic rings. The van der Waals surface area contributed by atoms with Crippen molar-refractivity contribution >= 4 is 47.4 Å². The van der Waals surface area contributed by atoms with Crippen LogP contribution in [0.25, 0.3) is 0 Å². The summed E-state index contributed by atoms with van der Waals surface area (Å²) in [6.45, 7) is 8.26. The minimum Gasteiger partial charge on any atom is -0.467 e. The Morgan fingerprint density at radius 1 is 1.25 bits per heavy atom. The van der Waals surface area contributed by atoms with Gasteiger partial charge < -0.3 is 13.8 Å². The molecule has 1 fully saturated rings. The number of carbonyl (C=O) groups excluding carboxylic acids is 1. The van der Waals surface area contributed by atoms with Crippen LogP contribution in [0.15, 0.2) is 18.2 Å². The monoisotopic (exact) mass is 406 g/mol. The van der Waals surface area contributed by atoms with E-state index in [2.05, 4.69) is 22.0 Å². The first-order chi connectivity index (χ1) is 9.30. The summed E-state index contributed by atoms with van der Waals surface area (Å²) in [5.41, 5.74) is 0.415. The Hall–Kier alpha value is -0.165. The van der Waals surface area contributed by atoms with E-state index >= 15 is 0 Å². The number of aldehydes is 1. The van der Waals surface area contributed by atoms with E-state index in [0.717, 1.165) is 6.29 Å². The Balaban J connectivity index is 2.37. The zero-order valence-electron chi connectivity index (χ0n) is 11.9. The van der Waals surface area contributed by atoms with Crippen LogP contribution in [-0.4, -0.2) is 24.6 Å². The van der Waals surface area contributed by atoms with E-state index in [1.165, 1.54) is 0 Å². The average Bonchev–Trinajstić information content (AvgIpc) is 2.59. The molecule has 20 heavy (non-hydrogen) atoms. The molecule has 0 aromatic heterocycles. The topological polar surface area (TPSA) is 44.8 Å². The zero-order chi connectivity index (χ0) is 15.0. The lowest BCUT2D eigenvalue weighted by Crippen LogP contribution is -2.41. The van der Waals surface area contributed by atoms with Gasteiger partial charge in [0.25, 0.3) is 0 Å². The van der Waals surface area contributed by atoms with Crippen molar-refractivity contribution in [2.24, 2.45) is 0 Å². The summed E-state index contributed by atoms with van der Waals surface area (Å²) in [6.07, 6.45) is 0.816. The van der Waals surface area contributed by atoms with Gasteiger partial charge in [0.2, 0.25) is 0 Å². The zero-order valence-corrected chi connectivity index (χ0v) is 15.1. The number of halogens is 1. The normalized spacial score (nSPS) is 20.6. The van der Waals surface area contributed by atoms with Gasteiger partial charge >= 0.3 is 7.12 Å². The van der Waals surface area contributed by atoms with E-state index in [1.807, 2.05) is 33.8 Å². The molecule has 0 N–H and O–H groups in total. The van der Waals surface area contributed by atoms with E-state index in [1.54, 1.807) is 12.1 Å². The van der Waals surface area contributed by atoms with Gasteiger partial charge in [0.1, 0.15) is 18.5 Å². The maximum atomic E-state index is 11.2. The van der Waals surface area contributed by atoms with Crippen LogP contribution in [-0.2, 0) is 9.31 Å². The first-order valence-corrected chi connectivity index (χ1v) is 10.3. The summed E-state index contributed by atoms with van der Waals surface area (Å²) >= 11 is 2.15. The lowest BCUT2D eigenvalue weighted by atomic mass is 9.76. The van der Waals surface area contributed by atoms with Crippen LogP contribution in [0.2, 0.25) is 0 Å². The summed E-state index contributed by atoms with van der Waals surface area (Å²) in [5.74, 6) is 0.716. The van der Waals surface area contributed by atoms with Crippen molar-refractivity contribution in [2.75, 3.05) is 0 Å². The third-order valence-corrected chi connectivity index (χ3v) is 4.82. The number of benzene rings is 1. The van der Waals surface area contributed by atoms with Crippen LogP contribution >= 0.6 is 28.5 Å². The minimum atomic E-state index is -0.554. The summed E-state index contributed by atoms with van der Waals surface area (Å²) in [6, 6.07) is 5.33. The van der Waals surface area contributed by atoms with Crippen molar-refractivity contribution in [2.45, 2.75) is 38.9 Å². The van der Waals surface area contributed by atoms with Crippen molar-refractivity contribution in [3.05, 3.63) is 23.8 Å². The molecule has 108 valence electrons. The third kappa shape index (κ3) is 3.03. The molecule has 7 heteroatoms. The fourth-order valence-electron chi connectivity index (χ4n) is 1.94. The molecule has 0 bridgehead atoms. The molecule has 0 aliphatic carbocycles. The first-order valence-electron chi connectivity index (χ1n) is 6.28. The SMILES string of the molecule is CC1(C)OB(c2cc(OPI)ccc2C=O)OC1(C)C. The maximum Gasteiger partial charge on any atom is 0.495 e. The number of carbonyl (C=O) groups is 1. The molecule has 1 aromatic rings. The Bertz CT molecular complexity index is 505. The third-order valence-electron chi connectivity index (χ3n) is 3.85. The van der Waals surface area contributed by atoms with Gasteiger partial charge in [-0.1, -0.05) is 0 Å². The van der Waals surface area contributed by atoms with Gasteiger partial charge in [-0.3, -0.25) is 4.79 Å². The maximum absolute atomic E-state index is 11.2. The molecule has 1 aromatic carbocycles. The molecule has 0 spiro atoms. The minimum absolute atomic E-state index is 0.317. The van der Waals surface area contributed by atoms with E-state index in [9.17, 15) is 4.79 Å². The molecular formula is C13H17BIO4P. The van der Waals surface area contributed by atoms with Crippen LogP contribution in [0, 0.1) is 0 Å². The largest absolute Gasteiger partial charge is 0.495 e. The number of rotatable bonds is 4. The van der Waals surface area contributed by atoms with Gasteiger partial charge in [0.15, 0.2) is 0 Å². The number of hydrogen-bond acceptors (Lipinski definition) is 4. The van der Waals surface area contributed by atoms with Gasteiger partial charge in [-0.15, -0.1) is 0 Å². The van der Waals surface area contributed by atoms with Crippen molar-refractivity contribution in [1.29, 1.82) is 0 Å². The Morgan fingerprint density at radius 2 is 1.85 bits per heavy atom. The van der Waals surface area contributed by atoms with Crippen LogP contribution in [0.5, 0.6) is 5.75 Å². The predicted molar refractivity (Wildman–Crippen MR) is 90.5 cm³/mol. The molecular weight excluding hydrogens is 389 g/mol. The quantitative estimate of drug-likeness (QED) is 0.334. The van der Waals surface area contributed by atoms with Crippen LogP contribution in [0.4, 0.5) is 0 Å². The lowest BCUT2D eigenvalue weighted by Gasteiger charge is -2.32. The summed E-state index contributed by atoms with van der Waals surface area (Å²) in [5, 5.41) is 0. The second-order valence-corrected chi connectivity index (χ2v) is 7.36. The predicted octanol–water partition coefficient (Wildman–Crippen LogP) is 3.12. The van der Waals surface area contributed by atoms with Crippen LogP contribution in [0.3, 0.4) is 0 Å². The average molecular weight is 406 g/mol. The second-order valence-electron chi connectivity index (χ2n) is 5.68. The fourth-order valence-corrected chi connectivity index (χ4v) is 2.92. The van der Waals surface area contributed by atoms with Crippen LogP contribution < -0.4 is 9.99 Å². The van der Waals surface area contributed by atoms with E-state index in [-0.39, 0.29) is 0 Å². The van der Waals surface area contributed by atoms with Gasteiger partial charge in [-0.05, 0) is 73.4 Å². The molecule has 1 heterocycles. The lowest BCUT2D eigenvalue weighted by molar-refractivity contribution is 0.00578. The molecule has 1 unspecified atom stereocenters. The highest BCUT2D eigenvalue weighted by Crippen LogP contribution is 2.37. The van der Waals surface area contributed by atoms with Crippen molar-refractivity contribution in [1.82, 2.24) is 0 Å². The summed E-state index contributed by atoms with van der Waals surface area (Å²) in [4.78, 5) is 11.2. The molecule has 0 saturated carbocycles. The highest BCUT2D eigenvalue weighted by Gasteiger charge is 2.52. The molecule has 4 nitrogen and oxygen atoms in total. The highest BCUT2D eigenvalue weighted by atomic mass is 127. The number of hydrogen-bond donors (Lipinski definition) is 0. The van der Waals surface area contributed by atoms with Gasteiger partial charge in [0.05, 0.1) is 11.2 Å². The molecule has 0 amide bonds. The Kier molecular flexibility index (Phi) is 4.79. The standard InChI is InChI=1S/C13H17BIO4P/c1-12(2)13(3,4)19-14(18-12)11-7-10(17-20-15)6-5-9(11)8-16/h5-8,20H,1-4H3. The molecule has 0 radical (unpaired) electrons. The first kappa shape index (κ1) is 16.2. The fraction of sp³-hybridized carbons (Fsp3) is 0.462. The summed E-state index contributed by atoms with van der Waals surface area (Å²) in [7, 11) is -0.554. The second kappa shape index (κ2) is 5.91. The van der Waals surface area contributed by atoms with Crippen molar-refractivity contribution < 1.29 is 18.6 Å². The Labute approximate surface area is 134 Å². The molecule has 1 atom stereocenters. The van der Waals surface area contributed by atoms with Gasteiger partial charge in [-0.25, -0.2) is 0 Å². The van der Waals surface area contributed by atoms with Gasteiger partial charge in [-0.2, -0.15) is 0 Å². The highest BCUT2D eigenvalue weighted by molar-refractivity contribution is 14.2. The van der Waals surface area contributed by atoms with E-state index in [4.69, 9.17) is 13.8 Å². The van der Waals surface area contributed by atoms with Crippen molar-refractivity contribution in [3.8, 4) is 5.75 Å². The van der Waals surface area contributed by atoms with E-state index < -0.39 is 18.3 Å². The molecule has 1 saturated heterocycles. The van der Waals surface area contributed by atoms with Crippen molar-refractivity contribution in [3.63, 3.8) is 0 Å². The Morgan fingerprint density at radius 3 is 2.35 bits per heavy atom.